The molecule has 0 fully saturated rings. The first kappa shape index (κ1) is 11.9. The number of benzene rings is 1. The Kier molecular flexibility index (Phi) is 2.82. The van der Waals surface area contributed by atoms with Gasteiger partial charge in [0, 0.05) is 11.2 Å². The van der Waals surface area contributed by atoms with Crippen molar-refractivity contribution in [2.75, 3.05) is 0 Å². The predicted octanol–water partition coefficient (Wildman–Crippen LogP) is 3.61. The molecule has 0 bridgehead atoms. The van der Waals surface area contributed by atoms with Crippen molar-refractivity contribution in [3.8, 4) is 11.8 Å². The molecule has 3 rings (SSSR count). The Morgan fingerprint density at radius 3 is 3.00 bits per heavy atom. The van der Waals surface area contributed by atoms with E-state index in [2.05, 4.69) is 16.0 Å². The molecular formula is C13H7ClN4S. The number of nitriles is 1. The molecule has 0 atom stereocenters. The van der Waals surface area contributed by atoms with Crippen LogP contribution in [0.15, 0.2) is 36.7 Å². The summed E-state index contributed by atoms with van der Waals surface area (Å²) in [5.41, 5.74) is 2.85. The molecule has 0 amide bonds. The number of pyridine rings is 1. The zero-order valence-electron chi connectivity index (χ0n) is 9.59. The Bertz CT molecular complexity index is 872. The number of nitrogens with zero attached hydrogens (tertiary/aromatic N) is 3. The molecule has 0 aliphatic rings. The Balaban J connectivity index is 2.43. The lowest BCUT2D eigenvalue weighted by Crippen LogP contribution is -1.97. The van der Waals surface area contributed by atoms with Crippen LogP contribution >= 0.6 is 23.8 Å². The number of H-pyrrole nitrogens is 1. The van der Waals surface area contributed by atoms with Gasteiger partial charge in [0.1, 0.15) is 6.07 Å². The normalized spacial score (nSPS) is 10.5. The van der Waals surface area contributed by atoms with Crippen molar-refractivity contribution in [3.05, 3.63) is 52.0 Å². The van der Waals surface area contributed by atoms with Crippen LogP contribution in [0.3, 0.4) is 0 Å². The van der Waals surface area contributed by atoms with Gasteiger partial charge in [0.2, 0.25) is 0 Å². The quantitative estimate of drug-likeness (QED) is 0.695. The number of aromatic nitrogens is 3. The molecule has 0 aliphatic heterocycles. The molecule has 0 saturated heterocycles. The van der Waals surface area contributed by atoms with Crippen molar-refractivity contribution in [1.29, 1.82) is 5.26 Å². The van der Waals surface area contributed by atoms with Crippen LogP contribution in [0.1, 0.15) is 5.56 Å². The van der Waals surface area contributed by atoms with E-state index in [0.29, 0.717) is 21.0 Å². The van der Waals surface area contributed by atoms with Gasteiger partial charge in [0.05, 0.1) is 28.5 Å². The predicted molar refractivity (Wildman–Crippen MR) is 76.0 cm³/mol. The highest BCUT2D eigenvalue weighted by molar-refractivity contribution is 7.71. The summed E-state index contributed by atoms with van der Waals surface area (Å²) in [6.45, 7) is 0. The maximum atomic E-state index is 9.21. The van der Waals surface area contributed by atoms with Gasteiger partial charge in [-0.2, -0.15) is 5.26 Å². The first-order chi connectivity index (χ1) is 9.20. The lowest BCUT2D eigenvalue weighted by atomic mass is 10.2. The van der Waals surface area contributed by atoms with Crippen molar-refractivity contribution in [2.45, 2.75) is 0 Å². The van der Waals surface area contributed by atoms with E-state index in [1.165, 1.54) is 0 Å². The highest BCUT2D eigenvalue weighted by Crippen LogP contribution is 2.24. The van der Waals surface area contributed by atoms with Crippen LogP contribution in [0, 0.1) is 16.1 Å². The van der Waals surface area contributed by atoms with Gasteiger partial charge in [-0.25, -0.2) is 0 Å². The molecule has 6 heteroatoms. The number of fused-ring (bicyclic) bond motifs is 1. The number of hydrogen-bond donors (Lipinski definition) is 1. The molecule has 2 aromatic heterocycles. The summed E-state index contributed by atoms with van der Waals surface area (Å²) in [7, 11) is 0. The van der Waals surface area contributed by atoms with E-state index in [9.17, 15) is 5.26 Å². The molecule has 2 heterocycles. The minimum absolute atomic E-state index is 0.502. The topological polar surface area (TPSA) is 57.4 Å². The molecule has 0 unspecified atom stereocenters. The SMILES string of the molecule is N#Cc1ccc(Cl)cc1-n1c(=S)[nH]c2cnccc21. The largest absolute Gasteiger partial charge is 0.329 e. The van der Waals surface area contributed by atoms with Crippen LogP contribution in [0.5, 0.6) is 0 Å². The number of aromatic amines is 1. The highest BCUT2D eigenvalue weighted by Gasteiger charge is 2.11. The summed E-state index contributed by atoms with van der Waals surface area (Å²) in [4.78, 5) is 7.10. The molecule has 0 saturated carbocycles. The molecule has 0 spiro atoms. The lowest BCUT2D eigenvalue weighted by molar-refractivity contribution is 1.06. The Labute approximate surface area is 118 Å². The van der Waals surface area contributed by atoms with Crippen molar-refractivity contribution in [2.24, 2.45) is 0 Å². The second kappa shape index (κ2) is 4.50. The third-order valence-electron chi connectivity index (χ3n) is 2.80. The fourth-order valence-electron chi connectivity index (χ4n) is 1.98. The van der Waals surface area contributed by atoms with Gasteiger partial charge in [-0.05, 0) is 36.5 Å². The zero-order chi connectivity index (χ0) is 13.4. The number of nitrogens with one attached hydrogen (secondary N) is 1. The van der Waals surface area contributed by atoms with Crippen LogP contribution in [0.4, 0.5) is 0 Å². The van der Waals surface area contributed by atoms with Gasteiger partial charge in [-0.15, -0.1) is 0 Å². The van der Waals surface area contributed by atoms with Crippen LogP contribution in [-0.4, -0.2) is 14.5 Å². The molecule has 92 valence electrons. The summed E-state index contributed by atoms with van der Waals surface area (Å²) in [6.07, 6.45) is 3.37. The summed E-state index contributed by atoms with van der Waals surface area (Å²) in [5.74, 6) is 0. The fraction of sp³-hybridized carbons (Fsp3) is 0. The van der Waals surface area contributed by atoms with E-state index in [4.69, 9.17) is 23.8 Å². The molecule has 0 radical (unpaired) electrons. The first-order valence-corrected chi connectivity index (χ1v) is 6.24. The van der Waals surface area contributed by atoms with Crippen LogP contribution in [-0.2, 0) is 0 Å². The lowest BCUT2D eigenvalue weighted by Gasteiger charge is -2.07. The van der Waals surface area contributed by atoms with E-state index in [-0.39, 0.29) is 0 Å². The molecule has 1 aromatic carbocycles. The average Bonchev–Trinajstić information content (AvgIpc) is 2.74. The number of rotatable bonds is 1. The van der Waals surface area contributed by atoms with Crippen molar-refractivity contribution >= 4 is 34.9 Å². The number of imidazole rings is 1. The van der Waals surface area contributed by atoms with Gasteiger partial charge >= 0.3 is 0 Å². The molecule has 0 aliphatic carbocycles. The summed E-state index contributed by atoms with van der Waals surface area (Å²) < 4.78 is 2.29. The summed E-state index contributed by atoms with van der Waals surface area (Å²) >= 11 is 11.3. The van der Waals surface area contributed by atoms with Crippen molar-refractivity contribution in [3.63, 3.8) is 0 Å². The Morgan fingerprint density at radius 1 is 1.37 bits per heavy atom. The van der Waals surface area contributed by atoms with Crippen molar-refractivity contribution in [1.82, 2.24) is 14.5 Å². The van der Waals surface area contributed by atoms with Crippen LogP contribution in [0.2, 0.25) is 5.02 Å². The number of halogens is 1. The fourth-order valence-corrected chi connectivity index (χ4v) is 2.46. The average molecular weight is 287 g/mol. The molecule has 3 aromatic rings. The minimum Gasteiger partial charge on any atom is -0.329 e. The summed E-state index contributed by atoms with van der Waals surface area (Å²) in [5, 5.41) is 9.76. The van der Waals surface area contributed by atoms with Gasteiger partial charge in [0.15, 0.2) is 4.77 Å². The Morgan fingerprint density at radius 2 is 2.21 bits per heavy atom. The van der Waals surface area contributed by atoms with Gasteiger partial charge in [0.25, 0.3) is 0 Å². The maximum absolute atomic E-state index is 9.21. The van der Waals surface area contributed by atoms with Gasteiger partial charge in [-0.1, -0.05) is 11.6 Å². The molecule has 19 heavy (non-hydrogen) atoms. The van der Waals surface area contributed by atoms with Crippen molar-refractivity contribution < 1.29 is 0 Å². The maximum Gasteiger partial charge on any atom is 0.182 e. The van der Waals surface area contributed by atoms with E-state index >= 15 is 0 Å². The summed E-state index contributed by atoms with van der Waals surface area (Å²) in [6, 6.07) is 9.07. The molecular weight excluding hydrogens is 280 g/mol. The third-order valence-corrected chi connectivity index (χ3v) is 3.32. The van der Waals surface area contributed by atoms with E-state index in [1.807, 2.05) is 6.07 Å². The van der Waals surface area contributed by atoms with E-state index in [1.54, 1.807) is 35.2 Å². The zero-order valence-corrected chi connectivity index (χ0v) is 11.2. The highest BCUT2D eigenvalue weighted by atomic mass is 35.5. The monoisotopic (exact) mass is 286 g/mol. The standard InChI is InChI=1S/C13H7ClN4S/c14-9-2-1-8(6-15)12(5-9)18-11-3-4-16-7-10(11)17-13(18)19/h1-5,7H,(H,17,19). The van der Waals surface area contributed by atoms with Crippen LogP contribution in [0.25, 0.3) is 16.7 Å². The smallest absolute Gasteiger partial charge is 0.182 e. The number of hydrogen-bond acceptors (Lipinski definition) is 3. The van der Waals surface area contributed by atoms with Crippen LogP contribution < -0.4 is 0 Å². The third kappa shape index (κ3) is 1.91. The van der Waals surface area contributed by atoms with E-state index in [0.717, 1.165) is 11.0 Å². The van der Waals surface area contributed by atoms with Gasteiger partial charge in [-0.3, -0.25) is 9.55 Å². The Hall–Kier alpha value is -2.16. The molecule has 1 N–H and O–H groups in total. The second-order valence-corrected chi connectivity index (χ2v) is 4.75. The van der Waals surface area contributed by atoms with Gasteiger partial charge < -0.3 is 4.98 Å². The minimum atomic E-state index is 0.502. The van der Waals surface area contributed by atoms with E-state index < -0.39 is 0 Å². The second-order valence-electron chi connectivity index (χ2n) is 3.93. The molecule has 4 nitrogen and oxygen atoms in total. The first-order valence-electron chi connectivity index (χ1n) is 5.45.